The Morgan fingerprint density at radius 3 is 2.55 bits per heavy atom. The van der Waals surface area contributed by atoms with E-state index in [0.29, 0.717) is 32.7 Å². The number of hydrogen-bond donors (Lipinski definition) is 0. The number of amides is 2. The third-order valence-corrected chi connectivity index (χ3v) is 8.91. The van der Waals surface area contributed by atoms with Gasteiger partial charge in [0.15, 0.2) is 0 Å². The number of rotatable bonds is 5. The third-order valence-electron chi connectivity index (χ3n) is 7.05. The molecule has 1 aromatic carbocycles. The molecule has 0 N–H and O–H groups in total. The van der Waals surface area contributed by atoms with Gasteiger partial charge < -0.3 is 14.5 Å². The van der Waals surface area contributed by atoms with Crippen LogP contribution in [-0.2, 0) is 30.8 Å². The molecule has 1 aliphatic carbocycles. The van der Waals surface area contributed by atoms with Gasteiger partial charge in [-0.3, -0.25) is 9.59 Å². The van der Waals surface area contributed by atoms with E-state index in [1.165, 1.54) is 4.31 Å². The average molecular weight is 448 g/mol. The van der Waals surface area contributed by atoms with E-state index in [1.54, 1.807) is 30.1 Å². The van der Waals surface area contributed by atoms with E-state index in [0.717, 1.165) is 36.9 Å². The van der Waals surface area contributed by atoms with Crippen LogP contribution in [0.15, 0.2) is 23.1 Å². The lowest BCUT2D eigenvalue weighted by molar-refractivity contribution is -0.139. The zero-order valence-corrected chi connectivity index (χ0v) is 18.6. The van der Waals surface area contributed by atoms with E-state index in [1.807, 2.05) is 4.90 Å². The highest BCUT2D eigenvalue weighted by Crippen LogP contribution is 2.36. The fraction of sp³-hybridized carbons (Fsp3) is 0.636. The second-order valence-corrected chi connectivity index (χ2v) is 11.0. The normalized spacial score (nSPS) is 25.1. The number of benzene rings is 1. The van der Waals surface area contributed by atoms with Crippen LogP contribution in [0.2, 0.25) is 0 Å². The zero-order valence-electron chi connectivity index (χ0n) is 17.8. The maximum absolute atomic E-state index is 13.4. The number of nitrogens with zero attached hydrogens (tertiary/aromatic N) is 3. The van der Waals surface area contributed by atoms with Gasteiger partial charge in [0.1, 0.15) is 0 Å². The number of hydrogen-bond acceptors (Lipinski definition) is 5. The Morgan fingerprint density at radius 2 is 1.84 bits per heavy atom. The predicted molar refractivity (Wildman–Crippen MR) is 114 cm³/mol. The largest absolute Gasteiger partial charge is 0.381 e. The number of likely N-dealkylation sites (N-methyl/N-ethyl adjacent to an activating group) is 1. The molecule has 2 amide bonds. The van der Waals surface area contributed by atoms with Crippen LogP contribution in [0.5, 0.6) is 0 Å². The van der Waals surface area contributed by atoms with Crippen LogP contribution in [0.4, 0.5) is 5.69 Å². The van der Waals surface area contributed by atoms with Crippen molar-refractivity contribution in [2.75, 3.05) is 38.3 Å². The third kappa shape index (κ3) is 3.76. The number of fused-ring (bicyclic) bond motifs is 1. The quantitative estimate of drug-likeness (QED) is 0.681. The summed E-state index contributed by atoms with van der Waals surface area (Å²) in [7, 11) is -1.98. The maximum atomic E-state index is 13.4. The summed E-state index contributed by atoms with van der Waals surface area (Å²) in [5, 5.41) is 0. The molecule has 5 rings (SSSR count). The molecule has 0 spiro atoms. The summed E-state index contributed by atoms with van der Waals surface area (Å²) in [4.78, 5) is 28.8. The van der Waals surface area contributed by atoms with E-state index in [2.05, 4.69) is 0 Å². The SMILES string of the molecule is CN1C(=O)Cc2cc(S(=O)(=O)N3CCC(N(C(=O)C4CC4)C4CCOCC4)C3)ccc21. The summed E-state index contributed by atoms with van der Waals surface area (Å²) < 4.78 is 33.7. The van der Waals surface area contributed by atoms with Crippen molar-refractivity contribution in [3.63, 3.8) is 0 Å². The van der Waals surface area contributed by atoms with E-state index >= 15 is 0 Å². The van der Waals surface area contributed by atoms with Gasteiger partial charge in [0.2, 0.25) is 21.8 Å². The molecule has 3 fully saturated rings. The first-order valence-corrected chi connectivity index (χ1v) is 12.6. The standard InChI is InChI=1S/C22H29N3O5S/c1-23-20-5-4-19(12-16(20)13-21(23)26)31(28,29)24-9-6-18(14-24)25(22(27)15-2-3-15)17-7-10-30-11-8-17/h4-5,12,15,17-18H,2-3,6-11,13-14H2,1H3. The molecule has 4 aliphatic rings. The Labute approximate surface area is 183 Å². The molecular formula is C22H29N3O5S. The van der Waals surface area contributed by atoms with Crippen LogP contribution in [0, 0.1) is 5.92 Å². The molecule has 0 aromatic heterocycles. The smallest absolute Gasteiger partial charge is 0.243 e. The van der Waals surface area contributed by atoms with Gasteiger partial charge in [0, 0.05) is 57.0 Å². The second-order valence-electron chi connectivity index (χ2n) is 9.09. The molecule has 9 heteroatoms. The number of ether oxygens (including phenoxy) is 1. The van der Waals surface area contributed by atoms with Gasteiger partial charge in [-0.05, 0) is 55.9 Å². The highest BCUT2D eigenvalue weighted by atomic mass is 32.2. The first-order chi connectivity index (χ1) is 14.9. The fourth-order valence-electron chi connectivity index (χ4n) is 5.07. The summed E-state index contributed by atoms with van der Waals surface area (Å²) in [6, 6.07) is 4.97. The lowest BCUT2D eigenvalue weighted by Gasteiger charge is -2.38. The number of carbonyl (C=O) groups is 2. The minimum absolute atomic E-state index is 0.0310. The predicted octanol–water partition coefficient (Wildman–Crippen LogP) is 1.39. The Bertz CT molecular complexity index is 1000. The van der Waals surface area contributed by atoms with Gasteiger partial charge in [-0.2, -0.15) is 4.31 Å². The maximum Gasteiger partial charge on any atom is 0.243 e. The van der Waals surface area contributed by atoms with Crippen LogP contribution in [0.3, 0.4) is 0 Å². The monoisotopic (exact) mass is 447 g/mol. The van der Waals surface area contributed by atoms with Gasteiger partial charge in [-0.15, -0.1) is 0 Å². The molecule has 1 saturated carbocycles. The Hall–Kier alpha value is -1.97. The van der Waals surface area contributed by atoms with Crippen molar-refractivity contribution in [1.82, 2.24) is 9.21 Å². The minimum atomic E-state index is -3.68. The highest BCUT2D eigenvalue weighted by Gasteiger charge is 2.44. The molecule has 1 unspecified atom stereocenters. The Morgan fingerprint density at radius 1 is 1.10 bits per heavy atom. The molecule has 168 valence electrons. The van der Waals surface area contributed by atoms with Gasteiger partial charge in [-0.1, -0.05) is 0 Å². The van der Waals surface area contributed by atoms with E-state index in [4.69, 9.17) is 4.74 Å². The zero-order chi connectivity index (χ0) is 21.8. The van der Waals surface area contributed by atoms with Crippen molar-refractivity contribution in [2.24, 2.45) is 5.92 Å². The van der Waals surface area contributed by atoms with Gasteiger partial charge >= 0.3 is 0 Å². The Kier molecular flexibility index (Phi) is 5.30. The number of carbonyl (C=O) groups excluding carboxylic acids is 2. The van der Waals surface area contributed by atoms with Crippen LogP contribution in [0.25, 0.3) is 0 Å². The fourth-order valence-corrected chi connectivity index (χ4v) is 6.62. The van der Waals surface area contributed by atoms with Gasteiger partial charge in [-0.25, -0.2) is 8.42 Å². The van der Waals surface area contributed by atoms with Crippen molar-refractivity contribution in [1.29, 1.82) is 0 Å². The second kappa shape index (κ2) is 7.86. The minimum Gasteiger partial charge on any atom is -0.381 e. The number of sulfonamides is 1. The summed E-state index contributed by atoms with van der Waals surface area (Å²) >= 11 is 0. The summed E-state index contributed by atoms with van der Waals surface area (Å²) in [5.74, 6) is 0.270. The molecule has 8 nitrogen and oxygen atoms in total. The molecule has 1 aromatic rings. The highest BCUT2D eigenvalue weighted by molar-refractivity contribution is 7.89. The van der Waals surface area contributed by atoms with Crippen LogP contribution >= 0.6 is 0 Å². The molecule has 3 heterocycles. The summed E-state index contributed by atoms with van der Waals surface area (Å²) in [6.45, 7) is 2.03. The van der Waals surface area contributed by atoms with Gasteiger partial charge in [0.25, 0.3) is 0 Å². The average Bonchev–Trinajstić information content (AvgIpc) is 3.44. The Balaban J connectivity index is 1.35. The molecule has 0 bridgehead atoms. The molecule has 31 heavy (non-hydrogen) atoms. The summed E-state index contributed by atoms with van der Waals surface area (Å²) in [6.07, 6.45) is 4.39. The van der Waals surface area contributed by atoms with Crippen molar-refractivity contribution in [3.05, 3.63) is 23.8 Å². The summed E-state index contributed by atoms with van der Waals surface area (Å²) in [5.41, 5.74) is 1.51. The first-order valence-electron chi connectivity index (χ1n) is 11.2. The van der Waals surface area contributed by atoms with E-state index in [9.17, 15) is 18.0 Å². The van der Waals surface area contributed by atoms with Crippen molar-refractivity contribution >= 4 is 27.5 Å². The lowest BCUT2D eigenvalue weighted by Crippen LogP contribution is -2.51. The first kappa shape index (κ1) is 20.9. The molecule has 1 atom stereocenters. The lowest BCUT2D eigenvalue weighted by atomic mass is 10.0. The van der Waals surface area contributed by atoms with Crippen molar-refractivity contribution in [2.45, 2.75) is 55.5 Å². The molecular weight excluding hydrogens is 418 g/mol. The molecule has 0 radical (unpaired) electrons. The van der Waals surface area contributed by atoms with Crippen LogP contribution in [-0.4, -0.2) is 74.9 Å². The van der Waals surface area contributed by atoms with Gasteiger partial charge in [0.05, 0.1) is 11.3 Å². The van der Waals surface area contributed by atoms with Crippen molar-refractivity contribution in [3.8, 4) is 0 Å². The van der Waals surface area contributed by atoms with Crippen LogP contribution in [0.1, 0.15) is 37.7 Å². The molecule has 2 saturated heterocycles. The topological polar surface area (TPSA) is 87.2 Å². The van der Waals surface area contributed by atoms with E-state index < -0.39 is 10.0 Å². The molecule has 3 aliphatic heterocycles. The number of anilines is 1. The van der Waals surface area contributed by atoms with E-state index in [-0.39, 0.29) is 41.1 Å². The van der Waals surface area contributed by atoms with Crippen molar-refractivity contribution < 1.29 is 22.7 Å². The van der Waals surface area contributed by atoms with Crippen LogP contribution < -0.4 is 4.90 Å².